The number of aliphatic hydroxyl groups excluding tert-OH is 2. The molecule has 0 saturated carbocycles. The van der Waals surface area contributed by atoms with E-state index in [1.54, 1.807) is 22.2 Å². The van der Waals surface area contributed by atoms with Crippen molar-refractivity contribution in [3.63, 3.8) is 0 Å². The van der Waals surface area contributed by atoms with E-state index in [-0.39, 0.29) is 12.6 Å². The van der Waals surface area contributed by atoms with Gasteiger partial charge in [0.05, 0.1) is 12.9 Å². The summed E-state index contributed by atoms with van der Waals surface area (Å²) in [6.45, 7) is -0.300. The zero-order chi connectivity index (χ0) is 21.4. The van der Waals surface area contributed by atoms with E-state index in [0.29, 0.717) is 22.9 Å². The quantitative estimate of drug-likeness (QED) is 0.496. The monoisotopic (exact) mass is 443 g/mol. The van der Waals surface area contributed by atoms with Crippen molar-refractivity contribution in [2.75, 3.05) is 19.0 Å². The van der Waals surface area contributed by atoms with Gasteiger partial charge in [0.2, 0.25) is 0 Å². The minimum Gasteiger partial charge on any atom is -0.394 e. The van der Waals surface area contributed by atoms with E-state index in [4.69, 9.17) is 9.47 Å². The van der Waals surface area contributed by atoms with E-state index in [2.05, 4.69) is 49.9 Å². The summed E-state index contributed by atoms with van der Waals surface area (Å²) in [4.78, 5) is 14.8. The fourth-order valence-electron chi connectivity index (χ4n) is 4.46. The van der Waals surface area contributed by atoms with Crippen molar-refractivity contribution in [3.8, 4) is 0 Å². The maximum atomic E-state index is 10.4. The van der Waals surface area contributed by atoms with Crippen LogP contribution in [0.25, 0.3) is 11.2 Å². The Morgan fingerprint density at radius 2 is 2.16 bits per heavy atom. The molecule has 3 N–H and O–H groups in total. The van der Waals surface area contributed by atoms with Gasteiger partial charge in [-0.1, -0.05) is 18.2 Å². The Bertz CT molecular complexity index is 1060. The number of rotatable bonds is 6. The van der Waals surface area contributed by atoms with E-state index >= 15 is 0 Å². The summed E-state index contributed by atoms with van der Waals surface area (Å²) >= 11 is 1.77. The number of aromatic nitrogens is 4. The minimum absolute atomic E-state index is 0.196. The number of aliphatic hydroxyl groups is 2. The molecule has 6 atom stereocenters. The summed E-state index contributed by atoms with van der Waals surface area (Å²) in [5, 5.41) is 25.6. The number of anilines is 1. The fraction of sp³-hybridized carbons (Fsp3) is 0.476. The van der Waals surface area contributed by atoms with Gasteiger partial charge in [0.25, 0.3) is 0 Å². The van der Waals surface area contributed by atoms with Gasteiger partial charge in [-0.05, 0) is 24.3 Å². The van der Waals surface area contributed by atoms with Crippen LogP contribution in [0.4, 0.5) is 5.82 Å². The molecule has 3 aromatic rings. The highest BCUT2D eigenvalue weighted by atomic mass is 32.1. The zero-order valence-corrected chi connectivity index (χ0v) is 17.9. The molecule has 1 saturated heterocycles. The number of thiophene rings is 1. The van der Waals surface area contributed by atoms with Crippen molar-refractivity contribution in [2.24, 2.45) is 0 Å². The van der Waals surface area contributed by atoms with Gasteiger partial charge in [-0.25, -0.2) is 15.0 Å². The first-order valence-electron chi connectivity index (χ1n) is 10.3. The van der Waals surface area contributed by atoms with Crippen molar-refractivity contribution in [3.05, 3.63) is 47.2 Å². The van der Waals surface area contributed by atoms with Crippen molar-refractivity contribution in [2.45, 2.75) is 49.3 Å². The SMILES string of the molecule is CO[C@@H]1[C@H](O)[C@@H](CO)O[C@H]1n1cnc2c(N[C@H]3CC=CC[C@@H]3c3cccs3)ncnc21. The lowest BCUT2D eigenvalue weighted by molar-refractivity contribution is -0.0583. The molecule has 1 aliphatic carbocycles. The van der Waals surface area contributed by atoms with Crippen LogP contribution in [-0.2, 0) is 9.47 Å². The van der Waals surface area contributed by atoms with Crippen molar-refractivity contribution < 1.29 is 19.7 Å². The summed E-state index contributed by atoms with van der Waals surface area (Å²) < 4.78 is 13.0. The lowest BCUT2D eigenvalue weighted by Gasteiger charge is -2.29. The summed E-state index contributed by atoms with van der Waals surface area (Å²) in [5.41, 5.74) is 1.21. The number of imidazole rings is 1. The first-order chi connectivity index (χ1) is 15.2. The first kappa shape index (κ1) is 20.5. The topological polar surface area (TPSA) is 115 Å². The van der Waals surface area contributed by atoms with Crippen LogP contribution in [0.2, 0.25) is 0 Å². The smallest absolute Gasteiger partial charge is 0.167 e. The largest absolute Gasteiger partial charge is 0.394 e. The first-order valence-corrected chi connectivity index (χ1v) is 11.2. The van der Waals surface area contributed by atoms with Crippen LogP contribution in [-0.4, -0.2) is 67.8 Å². The Morgan fingerprint density at radius 1 is 1.29 bits per heavy atom. The standard InChI is InChI=1S/C21H25N5O4S/c1-29-18-17(28)14(9-27)30-21(18)26-11-24-16-19(22-10-23-20(16)26)25-13-6-3-2-5-12(13)15-7-4-8-31-15/h2-4,7-8,10-14,17-18,21,27-28H,5-6,9H2,1H3,(H,22,23,25)/t12-,13-,14+,17+,18+,21+/m0/s1. The normalized spacial score (nSPS) is 30.8. The molecule has 0 aromatic carbocycles. The van der Waals surface area contributed by atoms with Crippen LogP contribution < -0.4 is 5.32 Å². The Balaban J connectivity index is 1.45. The number of methoxy groups -OCH3 is 1. The molecule has 9 nitrogen and oxygen atoms in total. The van der Waals surface area contributed by atoms with E-state index in [1.165, 1.54) is 18.3 Å². The zero-order valence-electron chi connectivity index (χ0n) is 17.0. The van der Waals surface area contributed by atoms with E-state index in [9.17, 15) is 10.2 Å². The van der Waals surface area contributed by atoms with Gasteiger partial charge in [-0.3, -0.25) is 4.57 Å². The van der Waals surface area contributed by atoms with Crippen molar-refractivity contribution in [1.82, 2.24) is 19.5 Å². The van der Waals surface area contributed by atoms with E-state index in [1.807, 2.05) is 0 Å². The van der Waals surface area contributed by atoms with Crippen molar-refractivity contribution in [1.29, 1.82) is 0 Å². The molecule has 0 radical (unpaired) electrons. The number of hydrogen-bond acceptors (Lipinski definition) is 9. The lowest BCUT2D eigenvalue weighted by atomic mass is 9.88. The molecule has 4 heterocycles. The van der Waals surface area contributed by atoms with Gasteiger partial charge >= 0.3 is 0 Å². The molecule has 1 fully saturated rings. The van der Waals surface area contributed by atoms with Gasteiger partial charge in [-0.15, -0.1) is 11.3 Å². The van der Waals surface area contributed by atoms with Gasteiger partial charge in [0, 0.05) is 23.9 Å². The predicted molar refractivity (Wildman–Crippen MR) is 116 cm³/mol. The number of allylic oxidation sites excluding steroid dienone is 1. The van der Waals surface area contributed by atoms with Gasteiger partial charge < -0.3 is 25.0 Å². The molecule has 5 rings (SSSR count). The number of nitrogens with one attached hydrogen (secondary N) is 1. The molecule has 3 aromatic heterocycles. The second kappa shape index (κ2) is 8.64. The summed E-state index contributed by atoms with van der Waals surface area (Å²) in [5.74, 6) is 1.03. The molecule has 0 bridgehead atoms. The third-order valence-electron chi connectivity index (χ3n) is 6.06. The van der Waals surface area contributed by atoms with Crippen LogP contribution in [0.5, 0.6) is 0 Å². The molecule has 31 heavy (non-hydrogen) atoms. The van der Waals surface area contributed by atoms with Crippen LogP contribution in [0.15, 0.2) is 42.3 Å². The Labute approximate surface area is 183 Å². The minimum atomic E-state index is -0.947. The highest BCUT2D eigenvalue weighted by molar-refractivity contribution is 7.10. The van der Waals surface area contributed by atoms with Crippen LogP contribution in [0.3, 0.4) is 0 Å². The number of fused-ring (bicyclic) bond motifs is 1. The van der Waals surface area contributed by atoms with Gasteiger partial charge in [-0.2, -0.15) is 0 Å². The molecule has 1 aliphatic heterocycles. The molecule has 0 unspecified atom stereocenters. The van der Waals surface area contributed by atoms with Crippen molar-refractivity contribution >= 4 is 28.3 Å². The third kappa shape index (κ3) is 3.64. The Morgan fingerprint density at radius 3 is 2.94 bits per heavy atom. The average molecular weight is 444 g/mol. The molecule has 0 spiro atoms. The maximum Gasteiger partial charge on any atom is 0.167 e. The highest BCUT2D eigenvalue weighted by Crippen LogP contribution is 2.36. The highest BCUT2D eigenvalue weighted by Gasteiger charge is 2.45. The predicted octanol–water partition coefficient (Wildman–Crippen LogP) is 2.07. The summed E-state index contributed by atoms with van der Waals surface area (Å²) in [6, 6.07) is 4.46. The molecule has 10 heteroatoms. The Hall–Kier alpha value is -2.37. The molecular weight excluding hydrogens is 418 g/mol. The second-order valence-electron chi connectivity index (χ2n) is 7.80. The summed E-state index contributed by atoms with van der Waals surface area (Å²) in [6.07, 6.45) is 6.45. The van der Waals surface area contributed by atoms with Crippen LogP contribution in [0.1, 0.15) is 29.9 Å². The summed E-state index contributed by atoms with van der Waals surface area (Å²) in [7, 11) is 1.51. The average Bonchev–Trinajstić information content (AvgIpc) is 3.53. The lowest BCUT2D eigenvalue weighted by Crippen LogP contribution is -2.34. The number of ether oxygens (including phenoxy) is 2. The number of nitrogens with zero attached hydrogens (tertiary/aromatic N) is 4. The van der Waals surface area contributed by atoms with E-state index < -0.39 is 24.5 Å². The van der Waals surface area contributed by atoms with Gasteiger partial charge in [0.15, 0.2) is 23.2 Å². The van der Waals surface area contributed by atoms with E-state index in [0.717, 1.165) is 12.8 Å². The molecule has 2 aliphatic rings. The molecular formula is C21H25N5O4S. The maximum absolute atomic E-state index is 10.4. The fourth-order valence-corrected chi connectivity index (χ4v) is 5.36. The van der Waals surface area contributed by atoms with Crippen LogP contribution >= 0.6 is 11.3 Å². The second-order valence-corrected chi connectivity index (χ2v) is 8.78. The number of hydrogen-bond donors (Lipinski definition) is 3. The molecule has 164 valence electrons. The van der Waals surface area contributed by atoms with Crippen LogP contribution in [0, 0.1) is 0 Å². The Kier molecular flexibility index (Phi) is 5.72. The molecule has 0 amide bonds. The third-order valence-corrected chi connectivity index (χ3v) is 7.07. The van der Waals surface area contributed by atoms with Gasteiger partial charge in [0.1, 0.15) is 24.6 Å².